The molecule has 1 unspecified atom stereocenters. The van der Waals surface area contributed by atoms with Crippen molar-refractivity contribution in [3.8, 4) is 0 Å². The zero-order valence-electron chi connectivity index (χ0n) is 15.7. The van der Waals surface area contributed by atoms with Crippen LogP contribution in [0.2, 0.25) is 5.02 Å². The van der Waals surface area contributed by atoms with Crippen molar-refractivity contribution in [1.29, 1.82) is 0 Å². The third kappa shape index (κ3) is 3.66. The molecule has 0 aliphatic carbocycles. The van der Waals surface area contributed by atoms with Gasteiger partial charge in [0.15, 0.2) is 5.82 Å². The summed E-state index contributed by atoms with van der Waals surface area (Å²) in [7, 11) is 0. The largest absolute Gasteiger partial charge is 0.355 e. The maximum Gasteiger partial charge on any atom is 0.196 e. The molecular weight excluding hydrogens is 386 g/mol. The minimum absolute atomic E-state index is 0.00834. The van der Waals surface area contributed by atoms with Crippen LogP contribution in [0.25, 0.3) is 10.9 Å². The Bertz CT molecular complexity index is 1120. The number of rotatable bonds is 5. The first-order chi connectivity index (χ1) is 14.3. The van der Waals surface area contributed by atoms with Gasteiger partial charge < -0.3 is 5.32 Å². The Kier molecular flexibility index (Phi) is 4.83. The lowest BCUT2D eigenvalue weighted by Gasteiger charge is -2.25. The zero-order valence-corrected chi connectivity index (χ0v) is 16.5. The molecule has 5 rings (SSSR count). The fourth-order valence-corrected chi connectivity index (χ4v) is 4.15. The molecule has 1 aliphatic heterocycles. The summed E-state index contributed by atoms with van der Waals surface area (Å²) in [6, 6.07) is 16.1. The van der Waals surface area contributed by atoms with E-state index in [-0.39, 0.29) is 6.04 Å². The maximum atomic E-state index is 6.11. The summed E-state index contributed by atoms with van der Waals surface area (Å²) in [6.07, 6.45) is 4.17. The number of aromatic nitrogens is 5. The lowest BCUT2D eigenvalue weighted by Crippen LogP contribution is -2.27. The molecule has 1 aliphatic rings. The van der Waals surface area contributed by atoms with Crippen molar-refractivity contribution >= 4 is 33.9 Å². The van der Waals surface area contributed by atoms with Crippen molar-refractivity contribution < 1.29 is 0 Å². The first-order valence-corrected chi connectivity index (χ1v) is 10.0. The van der Waals surface area contributed by atoms with Gasteiger partial charge in [-0.1, -0.05) is 28.9 Å². The van der Waals surface area contributed by atoms with Crippen LogP contribution in [0.1, 0.15) is 30.3 Å². The highest BCUT2D eigenvalue weighted by molar-refractivity contribution is 6.31. The fourth-order valence-electron chi connectivity index (χ4n) is 3.98. The van der Waals surface area contributed by atoms with E-state index in [4.69, 9.17) is 11.6 Å². The van der Waals surface area contributed by atoms with Gasteiger partial charge in [0.2, 0.25) is 0 Å². The molecule has 0 bridgehead atoms. The number of anilines is 2. The van der Waals surface area contributed by atoms with Crippen LogP contribution < -0.4 is 5.32 Å². The van der Waals surface area contributed by atoms with E-state index < -0.39 is 0 Å². The number of halogens is 1. The van der Waals surface area contributed by atoms with Crippen molar-refractivity contribution in [1.82, 2.24) is 30.5 Å². The van der Waals surface area contributed by atoms with Gasteiger partial charge in [-0.3, -0.25) is 9.88 Å². The SMILES string of the molecule is Clc1ccc2c(Nc3cccc(C(c4nn[nH]n4)N4CCCC4)c3)ccnc2c1. The molecular formula is C21H20ClN7. The molecule has 3 heterocycles. The Morgan fingerprint density at radius 1 is 1.07 bits per heavy atom. The van der Waals surface area contributed by atoms with Crippen molar-refractivity contribution in [2.75, 3.05) is 18.4 Å². The van der Waals surface area contributed by atoms with E-state index in [0.29, 0.717) is 10.8 Å². The van der Waals surface area contributed by atoms with Crippen LogP contribution in [0.15, 0.2) is 54.7 Å². The van der Waals surface area contributed by atoms with Gasteiger partial charge >= 0.3 is 0 Å². The average molecular weight is 406 g/mol. The van der Waals surface area contributed by atoms with Gasteiger partial charge in [0.25, 0.3) is 0 Å². The highest BCUT2D eigenvalue weighted by Gasteiger charge is 2.28. The maximum absolute atomic E-state index is 6.11. The number of H-pyrrole nitrogens is 1. The number of pyridine rings is 1. The number of hydrogen-bond donors (Lipinski definition) is 2. The van der Waals surface area contributed by atoms with E-state index in [2.05, 4.69) is 60.1 Å². The molecule has 1 atom stereocenters. The van der Waals surface area contributed by atoms with E-state index in [1.165, 1.54) is 12.8 Å². The Labute approximate surface area is 173 Å². The molecule has 7 nitrogen and oxygen atoms in total. The fraction of sp³-hybridized carbons (Fsp3) is 0.238. The normalized spacial score (nSPS) is 15.6. The molecule has 146 valence electrons. The van der Waals surface area contributed by atoms with Gasteiger partial charge in [0.1, 0.15) is 0 Å². The van der Waals surface area contributed by atoms with Gasteiger partial charge in [-0.2, -0.15) is 5.21 Å². The lowest BCUT2D eigenvalue weighted by molar-refractivity contribution is 0.271. The molecule has 0 spiro atoms. The van der Waals surface area contributed by atoms with Gasteiger partial charge in [0.05, 0.1) is 11.6 Å². The first-order valence-electron chi connectivity index (χ1n) is 9.66. The van der Waals surface area contributed by atoms with Gasteiger partial charge in [-0.25, -0.2) is 0 Å². The predicted molar refractivity (Wildman–Crippen MR) is 113 cm³/mol. The number of hydrogen-bond acceptors (Lipinski definition) is 6. The van der Waals surface area contributed by atoms with Gasteiger partial charge in [0, 0.05) is 28.0 Å². The first kappa shape index (κ1) is 18.0. The Balaban J connectivity index is 1.50. The van der Waals surface area contributed by atoms with Gasteiger partial charge in [-0.15, -0.1) is 10.2 Å². The molecule has 8 heteroatoms. The summed E-state index contributed by atoms with van der Waals surface area (Å²) in [5.74, 6) is 0.702. The predicted octanol–water partition coefficient (Wildman–Crippen LogP) is 4.33. The van der Waals surface area contributed by atoms with Gasteiger partial charge in [-0.05, 0) is 67.9 Å². The summed E-state index contributed by atoms with van der Waals surface area (Å²) < 4.78 is 0. The van der Waals surface area contributed by atoms with Crippen LogP contribution in [0.5, 0.6) is 0 Å². The van der Waals surface area contributed by atoms with Crippen LogP contribution in [-0.2, 0) is 0 Å². The van der Waals surface area contributed by atoms with Crippen LogP contribution in [-0.4, -0.2) is 43.6 Å². The zero-order chi connectivity index (χ0) is 19.6. The number of tetrazole rings is 1. The van der Waals surface area contributed by atoms with Crippen molar-refractivity contribution in [2.24, 2.45) is 0 Å². The minimum Gasteiger partial charge on any atom is -0.355 e. The highest BCUT2D eigenvalue weighted by atomic mass is 35.5. The number of nitrogens with zero attached hydrogens (tertiary/aromatic N) is 5. The summed E-state index contributed by atoms with van der Waals surface area (Å²) in [5.41, 5.74) is 3.99. The number of benzene rings is 2. The van der Waals surface area contributed by atoms with Crippen molar-refractivity contribution in [3.63, 3.8) is 0 Å². The van der Waals surface area contributed by atoms with Crippen LogP contribution in [0.3, 0.4) is 0 Å². The average Bonchev–Trinajstić information content (AvgIpc) is 3.44. The molecule has 2 N–H and O–H groups in total. The monoisotopic (exact) mass is 405 g/mol. The van der Waals surface area contributed by atoms with Crippen LogP contribution >= 0.6 is 11.6 Å². The highest BCUT2D eigenvalue weighted by Crippen LogP contribution is 2.32. The summed E-state index contributed by atoms with van der Waals surface area (Å²) in [4.78, 5) is 6.83. The molecule has 1 fully saturated rings. The summed E-state index contributed by atoms with van der Waals surface area (Å²) in [6.45, 7) is 2.07. The third-order valence-corrected chi connectivity index (χ3v) is 5.53. The van der Waals surface area contributed by atoms with Crippen LogP contribution in [0.4, 0.5) is 11.4 Å². The minimum atomic E-state index is -0.00834. The number of aromatic amines is 1. The van der Waals surface area contributed by atoms with E-state index in [0.717, 1.165) is 40.9 Å². The molecule has 2 aromatic carbocycles. The molecule has 0 saturated carbocycles. The quantitative estimate of drug-likeness (QED) is 0.514. The van der Waals surface area contributed by atoms with E-state index in [1.807, 2.05) is 24.3 Å². The standard InChI is InChI=1S/C21H20ClN7/c22-15-6-7-17-18(8-9-23-19(17)13-15)24-16-5-3-4-14(12-16)20(21-25-27-28-26-21)29-10-1-2-11-29/h3-9,12-13,20H,1-2,10-11H2,(H,23,24)(H,25,26,27,28). The van der Waals surface area contributed by atoms with Crippen molar-refractivity contribution in [3.05, 3.63) is 71.1 Å². The van der Waals surface area contributed by atoms with Crippen molar-refractivity contribution in [2.45, 2.75) is 18.9 Å². The Morgan fingerprint density at radius 2 is 1.97 bits per heavy atom. The van der Waals surface area contributed by atoms with E-state index >= 15 is 0 Å². The summed E-state index contributed by atoms with van der Waals surface area (Å²) >= 11 is 6.11. The smallest absolute Gasteiger partial charge is 0.196 e. The molecule has 0 amide bonds. The molecule has 4 aromatic rings. The molecule has 1 saturated heterocycles. The second-order valence-electron chi connectivity index (χ2n) is 7.19. The number of nitrogens with one attached hydrogen (secondary N) is 2. The van der Waals surface area contributed by atoms with E-state index in [1.54, 1.807) is 6.20 Å². The Morgan fingerprint density at radius 3 is 2.79 bits per heavy atom. The Hall–Kier alpha value is -3.03. The molecule has 0 radical (unpaired) electrons. The third-order valence-electron chi connectivity index (χ3n) is 5.30. The second kappa shape index (κ2) is 7.77. The van der Waals surface area contributed by atoms with E-state index in [9.17, 15) is 0 Å². The topological polar surface area (TPSA) is 82.6 Å². The lowest BCUT2D eigenvalue weighted by atomic mass is 10.0. The van der Waals surface area contributed by atoms with Crippen LogP contribution in [0, 0.1) is 0 Å². The summed E-state index contributed by atoms with van der Waals surface area (Å²) in [5, 5.41) is 20.1. The second-order valence-corrected chi connectivity index (χ2v) is 7.62. The molecule has 2 aromatic heterocycles. The molecule has 29 heavy (non-hydrogen) atoms. The number of fused-ring (bicyclic) bond motifs is 1. The number of likely N-dealkylation sites (tertiary alicyclic amines) is 1.